The van der Waals surface area contributed by atoms with Crippen molar-refractivity contribution in [2.24, 2.45) is 0 Å². The third kappa shape index (κ3) is 5.73. The second kappa shape index (κ2) is 8.51. The molecule has 0 saturated carbocycles. The number of unbranched alkanes of at least 4 members (excludes halogenated alkanes) is 1. The first-order chi connectivity index (χ1) is 9.17. The van der Waals surface area contributed by atoms with E-state index in [1.54, 1.807) is 12.3 Å². The number of amides is 1. The van der Waals surface area contributed by atoms with Crippen LogP contribution in [0.2, 0.25) is 0 Å². The van der Waals surface area contributed by atoms with Crippen LogP contribution in [0.15, 0.2) is 18.3 Å². The Kier molecular flexibility index (Phi) is 6.93. The van der Waals surface area contributed by atoms with Gasteiger partial charge in [0.15, 0.2) is 0 Å². The fourth-order valence-electron chi connectivity index (χ4n) is 1.81. The molecule has 1 amide bonds. The van der Waals surface area contributed by atoms with Crippen LogP contribution < -0.4 is 10.6 Å². The number of nitrogens with zero attached hydrogens (tertiary/aromatic N) is 1. The molecule has 1 aromatic heterocycles. The van der Waals surface area contributed by atoms with Crippen LogP contribution in [0.1, 0.15) is 56.9 Å². The smallest absolute Gasteiger partial charge is 0.270 e. The van der Waals surface area contributed by atoms with Crippen molar-refractivity contribution in [2.75, 3.05) is 11.9 Å². The van der Waals surface area contributed by atoms with Gasteiger partial charge in [-0.2, -0.15) is 0 Å². The lowest BCUT2D eigenvalue weighted by atomic mass is 10.1. The zero-order valence-corrected chi connectivity index (χ0v) is 12.2. The normalized spacial score (nSPS) is 11.9. The number of rotatable bonds is 8. The highest BCUT2D eigenvalue weighted by Gasteiger charge is 2.11. The van der Waals surface area contributed by atoms with Crippen LogP contribution in [-0.2, 0) is 0 Å². The van der Waals surface area contributed by atoms with E-state index in [4.69, 9.17) is 0 Å². The maximum Gasteiger partial charge on any atom is 0.270 e. The molecule has 0 radical (unpaired) electrons. The van der Waals surface area contributed by atoms with E-state index in [9.17, 15) is 4.79 Å². The second-order valence-corrected chi connectivity index (χ2v) is 4.87. The number of hydrogen-bond donors (Lipinski definition) is 2. The van der Waals surface area contributed by atoms with Crippen molar-refractivity contribution < 1.29 is 4.79 Å². The Morgan fingerprint density at radius 2 is 2.16 bits per heavy atom. The third-order valence-electron chi connectivity index (χ3n) is 2.94. The topological polar surface area (TPSA) is 54.0 Å². The number of carbonyl (C=O) groups is 1. The number of pyridine rings is 1. The molecule has 0 saturated heterocycles. The highest BCUT2D eigenvalue weighted by molar-refractivity contribution is 5.93. The highest BCUT2D eigenvalue weighted by Crippen LogP contribution is 2.08. The molecule has 0 fully saturated rings. The molecule has 1 aromatic rings. The average molecular weight is 263 g/mol. The van der Waals surface area contributed by atoms with Crippen LogP contribution in [0.25, 0.3) is 0 Å². The SMILES string of the molecule is CCCCC(C)NC(=O)c1cc(NCCC)ccn1. The highest BCUT2D eigenvalue weighted by atomic mass is 16.1. The molecule has 1 unspecified atom stereocenters. The quantitative estimate of drug-likeness (QED) is 0.757. The fraction of sp³-hybridized carbons (Fsp3) is 0.600. The molecule has 2 N–H and O–H groups in total. The lowest BCUT2D eigenvalue weighted by molar-refractivity contribution is 0.0933. The Morgan fingerprint density at radius 3 is 2.84 bits per heavy atom. The van der Waals surface area contributed by atoms with Crippen LogP contribution in [0.5, 0.6) is 0 Å². The van der Waals surface area contributed by atoms with Crippen molar-refractivity contribution in [2.45, 2.75) is 52.5 Å². The molecule has 0 bridgehead atoms. The van der Waals surface area contributed by atoms with Gasteiger partial charge in [-0.05, 0) is 31.9 Å². The Labute approximate surface area is 116 Å². The molecule has 4 nitrogen and oxygen atoms in total. The lowest BCUT2D eigenvalue weighted by Gasteiger charge is -2.13. The van der Waals surface area contributed by atoms with Crippen LogP contribution in [0, 0.1) is 0 Å². The Morgan fingerprint density at radius 1 is 1.37 bits per heavy atom. The summed E-state index contributed by atoms with van der Waals surface area (Å²) in [6, 6.07) is 3.88. The molecule has 106 valence electrons. The first-order valence-corrected chi connectivity index (χ1v) is 7.18. The van der Waals surface area contributed by atoms with Crippen LogP contribution in [-0.4, -0.2) is 23.5 Å². The summed E-state index contributed by atoms with van der Waals surface area (Å²) in [6.07, 6.45) is 6.01. The first kappa shape index (κ1) is 15.5. The maximum atomic E-state index is 12.0. The molecule has 1 heterocycles. The van der Waals surface area contributed by atoms with Crippen LogP contribution in [0.4, 0.5) is 5.69 Å². The van der Waals surface area contributed by atoms with Gasteiger partial charge >= 0.3 is 0 Å². The Hall–Kier alpha value is -1.58. The van der Waals surface area contributed by atoms with Crippen LogP contribution in [0.3, 0.4) is 0 Å². The largest absolute Gasteiger partial charge is 0.385 e. The number of carbonyl (C=O) groups excluding carboxylic acids is 1. The van der Waals surface area contributed by atoms with E-state index in [1.807, 2.05) is 13.0 Å². The Balaban J connectivity index is 2.56. The third-order valence-corrected chi connectivity index (χ3v) is 2.94. The van der Waals surface area contributed by atoms with Crippen molar-refractivity contribution in [3.8, 4) is 0 Å². The van der Waals surface area contributed by atoms with Gasteiger partial charge in [-0.25, -0.2) is 0 Å². The molecule has 1 atom stereocenters. The second-order valence-electron chi connectivity index (χ2n) is 4.87. The van der Waals surface area contributed by atoms with Crippen LogP contribution >= 0.6 is 0 Å². The molecule has 0 aliphatic carbocycles. The van der Waals surface area contributed by atoms with E-state index in [2.05, 4.69) is 29.5 Å². The van der Waals surface area contributed by atoms with E-state index in [-0.39, 0.29) is 11.9 Å². The number of aromatic nitrogens is 1. The summed E-state index contributed by atoms with van der Waals surface area (Å²) in [6.45, 7) is 7.20. The molecule has 1 rings (SSSR count). The average Bonchev–Trinajstić information content (AvgIpc) is 2.43. The van der Waals surface area contributed by atoms with Crippen molar-refractivity contribution >= 4 is 11.6 Å². The summed E-state index contributed by atoms with van der Waals surface area (Å²) >= 11 is 0. The maximum absolute atomic E-state index is 12.0. The van der Waals surface area contributed by atoms with E-state index in [0.29, 0.717) is 5.69 Å². The number of nitrogens with one attached hydrogen (secondary N) is 2. The molecular weight excluding hydrogens is 238 g/mol. The van der Waals surface area contributed by atoms with Gasteiger partial charge in [-0.15, -0.1) is 0 Å². The van der Waals surface area contributed by atoms with Gasteiger partial charge in [0, 0.05) is 24.5 Å². The minimum absolute atomic E-state index is 0.0937. The zero-order chi connectivity index (χ0) is 14.1. The summed E-state index contributed by atoms with van der Waals surface area (Å²) in [5, 5.41) is 6.24. The summed E-state index contributed by atoms with van der Waals surface area (Å²) in [5.41, 5.74) is 1.42. The summed E-state index contributed by atoms with van der Waals surface area (Å²) in [7, 11) is 0. The minimum Gasteiger partial charge on any atom is -0.385 e. The standard InChI is InChI=1S/C15H25N3O/c1-4-6-7-12(3)18-15(19)14-11-13(8-10-17-14)16-9-5-2/h8,10-12H,4-7,9H2,1-3H3,(H,16,17)(H,18,19). The van der Waals surface area contributed by atoms with Gasteiger partial charge in [0.2, 0.25) is 0 Å². The predicted molar refractivity (Wildman–Crippen MR) is 79.5 cm³/mol. The summed E-state index contributed by atoms with van der Waals surface area (Å²) in [5.74, 6) is -0.0937. The van der Waals surface area contributed by atoms with E-state index in [0.717, 1.165) is 37.9 Å². The van der Waals surface area contributed by atoms with Crippen molar-refractivity contribution in [1.29, 1.82) is 0 Å². The summed E-state index contributed by atoms with van der Waals surface area (Å²) < 4.78 is 0. The molecule has 4 heteroatoms. The van der Waals surface area contributed by atoms with Gasteiger partial charge in [0.1, 0.15) is 5.69 Å². The predicted octanol–water partition coefficient (Wildman–Crippen LogP) is 3.21. The van der Waals surface area contributed by atoms with Crippen molar-refractivity contribution in [1.82, 2.24) is 10.3 Å². The van der Waals surface area contributed by atoms with E-state index >= 15 is 0 Å². The first-order valence-electron chi connectivity index (χ1n) is 7.18. The number of hydrogen-bond acceptors (Lipinski definition) is 3. The lowest BCUT2D eigenvalue weighted by Crippen LogP contribution is -2.33. The molecule has 19 heavy (non-hydrogen) atoms. The van der Waals surface area contributed by atoms with E-state index < -0.39 is 0 Å². The van der Waals surface area contributed by atoms with Gasteiger partial charge in [0.05, 0.1) is 0 Å². The summed E-state index contributed by atoms with van der Waals surface area (Å²) in [4.78, 5) is 16.2. The fourth-order valence-corrected chi connectivity index (χ4v) is 1.81. The minimum atomic E-state index is -0.0937. The zero-order valence-electron chi connectivity index (χ0n) is 12.2. The van der Waals surface area contributed by atoms with E-state index in [1.165, 1.54) is 0 Å². The van der Waals surface area contributed by atoms with Gasteiger partial charge < -0.3 is 10.6 Å². The van der Waals surface area contributed by atoms with Gasteiger partial charge in [-0.1, -0.05) is 26.7 Å². The van der Waals surface area contributed by atoms with Crippen molar-refractivity contribution in [3.63, 3.8) is 0 Å². The Bertz CT molecular complexity index is 393. The molecular formula is C15H25N3O. The molecule has 0 spiro atoms. The van der Waals surface area contributed by atoms with Gasteiger partial charge in [-0.3, -0.25) is 9.78 Å². The van der Waals surface area contributed by atoms with Crippen molar-refractivity contribution in [3.05, 3.63) is 24.0 Å². The molecule has 0 aromatic carbocycles. The molecule has 0 aliphatic heterocycles. The monoisotopic (exact) mass is 263 g/mol. The number of anilines is 1. The molecule has 0 aliphatic rings. The van der Waals surface area contributed by atoms with Gasteiger partial charge in [0.25, 0.3) is 5.91 Å².